The number of benzene rings is 2. The maximum Gasteiger partial charge on any atom is 0.268 e. The molecule has 0 spiro atoms. The number of aryl methyl sites for hydroxylation is 1. The lowest BCUT2D eigenvalue weighted by Gasteiger charge is -2.21. The first-order chi connectivity index (χ1) is 13.9. The molecule has 6 heteroatoms. The second kappa shape index (κ2) is 8.82. The normalized spacial score (nSPS) is 11.7. The van der Waals surface area contributed by atoms with E-state index >= 15 is 0 Å². The van der Waals surface area contributed by atoms with Crippen molar-refractivity contribution >= 4 is 26.8 Å². The molecule has 5 nitrogen and oxygen atoms in total. The topological polar surface area (TPSA) is 59.4 Å². The van der Waals surface area contributed by atoms with Crippen molar-refractivity contribution in [2.24, 2.45) is 0 Å². The van der Waals surface area contributed by atoms with E-state index in [-0.39, 0.29) is 17.2 Å². The number of carbonyl (C=O) groups is 1. The Hall–Kier alpha value is -2.60. The highest BCUT2D eigenvalue weighted by molar-refractivity contribution is 7.90. The minimum Gasteiger partial charge on any atom is -0.342 e. The third-order valence-electron chi connectivity index (χ3n) is 5.05. The summed E-state index contributed by atoms with van der Waals surface area (Å²) in [7, 11) is -3.70. The number of amides is 1. The third-order valence-corrected chi connectivity index (χ3v) is 6.75. The Morgan fingerprint density at radius 1 is 0.966 bits per heavy atom. The summed E-state index contributed by atoms with van der Waals surface area (Å²) in [6.07, 6.45) is 3.68. The summed E-state index contributed by atoms with van der Waals surface area (Å²) in [5.41, 5.74) is 2.45. The smallest absolute Gasteiger partial charge is 0.268 e. The third kappa shape index (κ3) is 4.37. The van der Waals surface area contributed by atoms with Crippen molar-refractivity contribution in [3.8, 4) is 0 Å². The average molecular weight is 413 g/mol. The Balaban J connectivity index is 1.97. The molecule has 0 radical (unpaired) electrons. The van der Waals surface area contributed by atoms with E-state index in [1.165, 1.54) is 3.97 Å². The highest BCUT2D eigenvalue weighted by Gasteiger charge is 2.21. The van der Waals surface area contributed by atoms with Gasteiger partial charge in [-0.1, -0.05) is 43.7 Å². The first-order valence-electron chi connectivity index (χ1n) is 10.1. The molecule has 0 saturated carbocycles. The van der Waals surface area contributed by atoms with Crippen LogP contribution in [0.3, 0.4) is 0 Å². The zero-order chi connectivity index (χ0) is 21.0. The number of nitrogens with zero attached hydrogens (tertiary/aromatic N) is 2. The number of hydrogen-bond donors (Lipinski definition) is 0. The number of rotatable bonds is 8. The molecule has 0 aliphatic heterocycles. The van der Waals surface area contributed by atoms with Crippen molar-refractivity contribution in [2.75, 3.05) is 13.1 Å². The molecule has 29 heavy (non-hydrogen) atoms. The molecule has 2 aromatic carbocycles. The van der Waals surface area contributed by atoms with E-state index < -0.39 is 10.0 Å². The Labute approximate surface area is 173 Å². The Bertz CT molecular complexity index is 1090. The number of aromatic nitrogens is 1. The van der Waals surface area contributed by atoms with Gasteiger partial charge in [0.25, 0.3) is 10.0 Å². The van der Waals surface area contributed by atoms with E-state index in [1.807, 2.05) is 24.0 Å². The van der Waals surface area contributed by atoms with Crippen LogP contribution < -0.4 is 0 Å². The van der Waals surface area contributed by atoms with Gasteiger partial charge in [0.15, 0.2) is 0 Å². The molecule has 0 aliphatic carbocycles. The maximum absolute atomic E-state index is 13.1. The van der Waals surface area contributed by atoms with E-state index in [1.54, 1.807) is 42.6 Å². The molecule has 1 heterocycles. The van der Waals surface area contributed by atoms with Crippen molar-refractivity contribution < 1.29 is 13.2 Å². The molecule has 0 unspecified atom stereocenters. The SMILES string of the molecule is CCCN(CCC)C(=O)Cc1cccc2c1ccn2S(=O)(=O)c1ccc(C)cc1. The molecule has 3 aromatic rings. The Morgan fingerprint density at radius 3 is 2.24 bits per heavy atom. The maximum atomic E-state index is 13.1. The van der Waals surface area contributed by atoms with Crippen LogP contribution in [-0.4, -0.2) is 36.3 Å². The van der Waals surface area contributed by atoms with Crippen molar-refractivity contribution in [2.45, 2.75) is 44.9 Å². The summed E-state index contributed by atoms with van der Waals surface area (Å²) in [6.45, 7) is 7.53. The summed E-state index contributed by atoms with van der Waals surface area (Å²) in [5.74, 6) is 0.0790. The van der Waals surface area contributed by atoms with Gasteiger partial charge in [-0.2, -0.15) is 0 Å². The molecule has 1 amide bonds. The fourth-order valence-corrected chi connectivity index (χ4v) is 4.92. The van der Waals surface area contributed by atoms with Gasteiger partial charge in [-0.25, -0.2) is 12.4 Å². The minimum atomic E-state index is -3.70. The van der Waals surface area contributed by atoms with Crippen LogP contribution in [-0.2, 0) is 21.2 Å². The van der Waals surface area contributed by atoms with Gasteiger partial charge in [-0.15, -0.1) is 0 Å². The van der Waals surface area contributed by atoms with Crippen LogP contribution in [0.5, 0.6) is 0 Å². The summed E-state index contributed by atoms with van der Waals surface area (Å²) >= 11 is 0. The van der Waals surface area contributed by atoms with Crippen molar-refractivity contribution in [1.29, 1.82) is 0 Å². The largest absolute Gasteiger partial charge is 0.342 e. The monoisotopic (exact) mass is 412 g/mol. The van der Waals surface area contributed by atoms with Gasteiger partial charge in [0.2, 0.25) is 5.91 Å². The van der Waals surface area contributed by atoms with Gasteiger partial charge in [0.1, 0.15) is 0 Å². The lowest BCUT2D eigenvalue weighted by molar-refractivity contribution is -0.130. The molecular formula is C23H28N2O3S. The molecule has 154 valence electrons. The Kier molecular flexibility index (Phi) is 6.42. The van der Waals surface area contributed by atoms with E-state index in [4.69, 9.17) is 0 Å². The summed E-state index contributed by atoms with van der Waals surface area (Å²) < 4.78 is 27.5. The van der Waals surface area contributed by atoms with E-state index in [2.05, 4.69) is 13.8 Å². The standard InChI is InChI=1S/C23H28N2O3S/c1-4-14-24(15-5-2)23(26)17-19-7-6-8-22-21(19)13-16-25(22)29(27,28)20-11-9-18(3)10-12-20/h6-13,16H,4-5,14-15,17H2,1-3H3. The highest BCUT2D eigenvalue weighted by atomic mass is 32.2. The molecular weight excluding hydrogens is 384 g/mol. The fraction of sp³-hybridized carbons (Fsp3) is 0.348. The number of hydrogen-bond acceptors (Lipinski definition) is 3. The molecule has 1 aromatic heterocycles. The zero-order valence-corrected chi connectivity index (χ0v) is 18.1. The van der Waals surface area contributed by atoms with Crippen molar-refractivity contribution in [3.63, 3.8) is 0 Å². The highest BCUT2D eigenvalue weighted by Crippen LogP contribution is 2.25. The molecule has 0 aliphatic rings. The number of fused-ring (bicyclic) bond motifs is 1. The van der Waals surface area contributed by atoms with E-state index in [0.29, 0.717) is 5.52 Å². The molecule has 3 rings (SSSR count). The molecule has 0 fully saturated rings. The van der Waals surface area contributed by atoms with Crippen molar-refractivity contribution in [1.82, 2.24) is 8.87 Å². The predicted molar refractivity (Wildman–Crippen MR) is 117 cm³/mol. The van der Waals surface area contributed by atoms with Crippen LogP contribution in [0.4, 0.5) is 0 Å². The van der Waals surface area contributed by atoms with Crippen LogP contribution in [0.15, 0.2) is 59.6 Å². The van der Waals surface area contributed by atoms with Gasteiger partial charge in [0.05, 0.1) is 16.8 Å². The quantitative estimate of drug-likeness (QED) is 0.552. The number of carbonyl (C=O) groups excluding carboxylic acids is 1. The van der Waals surface area contributed by atoms with Gasteiger partial charge in [-0.3, -0.25) is 4.79 Å². The van der Waals surface area contributed by atoms with Gasteiger partial charge >= 0.3 is 0 Å². The second-order valence-corrected chi connectivity index (χ2v) is 9.15. The molecule has 0 bridgehead atoms. The molecule has 0 atom stereocenters. The zero-order valence-electron chi connectivity index (χ0n) is 17.3. The first kappa shape index (κ1) is 21.1. The van der Waals surface area contributed by atoms with Gasteiger partial charge < -0.3 is 4.90 Å². The van der Waals surface area contributed by atoms with Crippen LogP contribution in [0.25, 0.3) is 10.9 Å². The first-order valence-corrected chi connectivity index (χ1v) is 11.5. The van der Waals surface area contributed by atoms with Crippen LogP contribution in [0.2, 0.25) is 0 Å². The Morgan fingerprint density at radius 2 is 1.62 bits per heavy atom. The fourth-order valence-electron chi connectivity index (χ4n) is 3.57. The van der Waals surface area contributed by atoms with Crippen LogP contribution >= 0.6 is 0 Å². The summed E-state index contributed by atoms with van der Waals surface area (Å²) in [4.78, 5) is 14.9. The summed E-state index contributed by atoms with van der Waals surface area (Å²) in [6, 6.07) is 14.1. The average Bonchev–Trinajstić information content (AvgIpc) is 3.14. The van der Waals surface area contributed by atoms with Crippen molar-refractivity contribution in [3.05, 3.63) is 65.9 Å². The van der Waals surface area contributed by atoms with Gasteiger partial charge in [-0.05, 0) is 49.6 Å². The molecule has 0 N–H and O–H groups in total. The van der Waals surface area contributed by atoms with E-state index in [9.17, 15) is 13.2 Å². The predicted octanol–water partition coefficient (Wildman–Crippen LogP) is 4.38. The second-order valence-electron chi connectivity index (χ2n) is 7.34. The summed E-state index contributed by atoms with van der Waals surface area (Å²) in [5, 5.41) is 0.796. The lowest BCUT2D eigenvalue weighted by Crippen LogP contribution is -2.33. The van der Waals surface area contributed by atoms with Crippen LogP contribution in [0, 0.1) is 6.92 Å². The molecule has 0 saturated heterocycles. The van der Waals surface area contributed by atoms with Crippen LogP contribution in [0.1, 0.15) is 37.8 Å². The lowest BCUT2D eigenvalue weighted by atomic mass is 10.1. The van der Waals surface area contributed by atoms with E-state index in [0.717, 1.165) is 42.4 Å². The minimum absolute atomic E-state index is 0.0790. The van der Waals surface area contributed by atoms with Gasteiger partial charge in [0, 0.05) is 24.7 Å².